The number of nitriles is 1. The van der Waals surface area contributed by atoms with E-state index in [-0.39, 0.29) is 18.1 Å². The van der Waals surface area contributed by atoms with Crippen LogP contribution in [0.2, 0.25) is 0 Å². The molecule has 0 saturated heterocycles. The highest BCUT2D eigenvalue weighted by Crippen LogP contribution is 2.20. The Kier molecular flexibility index (Phi) is 5.18. The lowest BCUT2D eigenvalue weighted by Crippen LogP contribution is -2.44. The first-order valence-electron chi connectivity index (χ1n) is 7.24. The minimum Gasteiger partial charge on any atom is -0.480 e. The second-order valence-corrected chi connectivity index (χ2v) is 5.38. The fourth-order valence-electron chi connectivity index (χ4n) is 2.44. The summed E-state index contributed by atoms with van der Waals surface area (Å²) in [6.45, 7) is 1.67. The topological polar surface area (TPSA) is 82.3 Å². The molecule has 1 fully saturated rings. The maximum Gasteiger partial charge on any atom is 0.260 e. The van der Waals surface area contributed by atoms with Crippen molar-refractivity contribution in [2.75, 3.05) is 0 Å². The number of carbonyl (C=O) groups is 1. The highest BCUT2D eigenvalue weighted by Gasteiger charge is 2.24. The summed E-state index contributed by atoms with van der Waals surface area (Å²) in [6.07, 6.45) is 2.11. The van der Waals surface area contributed by atoms with Crippen LogP contribution in [0.4, 0.5) is 0 Å². The number of aliphatic hydroxyl groups excluding tert-OH is 1. The van der Waals surface area contributed by atoms with Crippen LogP contribution < -0.4 is 10.1 Å². The number of ether oxygens (including phenoxy) is 1. The summed E-state index contributed by atoms with van der Waals surface area (Å²) >= 11 is 0. The van der Waals surface area contributed by atoms with E-state index in [0.717, 1.165) is 25.7 Å². The number of aliphatic hydroxyl groups is 1. The van der Waals surface area contributed by atoms with Crippen LogP contribution in [0.15, 0.2) is 24.3 Å². The van der Waals surface area contributed by atoms with E-state index in [0.29, 0.717) is 11.3 Å². The summed E-state index contributed by atoms with van der Waals surface area (Å²) < 4.78 is 5.58. The summed E-state index contributed by atoms with van der Waals surface area (Å²) in [7, 11) is 0. The van der Waals surface area contributed by atoms with E-state index in [9.17, 15) is 9.90 Å². The molecule has 1 aromatic carbocycles. The Morgan fingerprint density at radius 3 is 2.71 bits per heavy atom. The van der Waals surface area contributed by atoms with Gasteiger partial charge in [-0.05, 0) is 44.7 Å². The fraction of sp³-hybridized carbons (Fsp3) is 0.500. The minimum absolute atomic E-state index is 0.0955. The van der Waals surface area contributed by atoms with Crippen LogP contribution in [0.25, 0.3) is 0 Å². The molecule has 1 unspecified atom stereocenters. The van der Waals surface area contributed by atoms with E-state index < -0.39 is 6.10 Å². The smallest absolute Gasteiger partial charge is 0.260 e. The highest BCUT2D eigenvalue weighted by molar-refractivity contribution is 5.81. The molecule has 5 heteroatoms. The summed E-state index contributed by atoms with van der Waals surface area (Å²) in [5, 5.41) is 21.4. The van der Waals surface area contributed by atoms with Gasteiger partial charge in [0.25, 0.3) is 5.91 Å². The van der Waals surface area contributed by atoms with Crippen molar-refractivity contribution >= 4 is 5.91 Å². The van der Waals surface area contributed by atoms with Crippen molar-refractivity contribution in [1.82, 2.24) is 5.32 Å². The van der Waals surface area contributed by atoms with Crippen molar-refractivity contribution in [3.8, 4) is 11.8 Å². The molecule has 0 aliphatic heterocycles. The van der Waals surface area contributed by atoms with Crippen molar-refractivity contribution < 1.29 is 14.6 Å². The second kappa shape index (κ2) is 7.09. The first-order chi connectivity index (χ1) is 10.1. The summed E-state index contributed by atoms with van der Waals surface area (Å²) in [6, 6.07) is 8.99. The lowest BCUT2D eigenvalue weighted by molar-refractivity contribution is -0.128. The average Bonchev–Trinajstić information content (AvgIpc) is 2.50. The molecule has 1 amide bonds. The SMILES string of the molecule is CC(Oc1ccccc1C#N)C(=O)NC1CCC(O)CC1. The molecule has 0 radical (unpaired) electrons. The normalized spacial score (nSPS) is 22.9. The van der Waals surface area contributed by atoms with Crippen molar-refractivity contribution in [2.45, 2.75) is 50.9 Å². The van der Waals surface area contributed by atoms with Crippen LogP contribution >= 0.6 is 0 Å². The van der Waals surface area contributed by atoms with Crippen LogP contribution in [0, 0.1) is 11.3 Å². The van der Waals surface area contributed by atoms with Gasteiger partial charge in [0.1, 0.15) is 11.8 Å². The molecule has 1 atom stereocenters. The molecule has 2 rings (SSSR count). The van der Waals surface area contributed by atoms with Crippen molar-refractivity contribution in [3.63, 3.8) is 0 Å². The van der Waals surface area contributed by atoms with Crippen LogP contribution in [-0.4, -0.2) is 29.3 Å². The molecular formula is C16H20N2O3. The number of nitrogens with zero attached hydrogens (tertiary/aromatic N) is 1. The van der Waals surface area contributed by atoms with Crippen LogP contribution in [0.5, 0.6) is 5.75 Å². The lowest BCUT2D eigenvalue weighted by atomic mass is 9.93. The minimum atomic E-state index is -0.661. The monoisotopic (exact) mass is 288 g/mol. The number of para-hydroxylation sites is 1. The number of hydrogen-bond donors (Lipinski definition) is 2. The Morgan fingerprint density at radius 1 is 1.38 bits per heavy atom. The molecule has 1 saturated carbocycles. The highest BCUT2D eigenvalue weighted by atomic mass is 16.5. The van der Waals surface area contributed by atoms with Crippen molar-refractivity contribution in [2.24, 2.45) is 0 Å². The second-order valence-electron chi connectivity index (χ2n) is 5.38. The predicted molar refractivity (Wildman–Crippen MR) is 77.7 cm³/mol. The molecule has 112 valence electrons. The third kappa shape index (κ3) is 4.20. The van der Waals surface area contributed by atoms with Gasteiger partial charge < -0.3 is 15.2 Å². The Balaban J connectivity index is 1.89. The quantitative estimate of drug-likeness (QED) is 0.884. The molecule has 0 aromatic heterocycles. The van der Waals surface area contributed by atoms with Gasteiger partial charge >= 0.3 is 0 Å². The maximum atomic E-state index is 12.1. The predicted octanol–water partition coefficient (Wildman–Crippen LogP) is 1.75. The van der Waals surface area contributed by atoms with Crippen LogP contribution in [-0.2, 0) is 4.79 Å². The molecule has 0 spiro atoms. The third-order valence-corrected chi connectivity index (χ3v) is 3.72. The van der Waals surface area contributed by atoms with Crippen LogP contribution in [0.3, 0.4) is 0 Å². The van der Waals surface area contributed by atoms with E-state index in [4.69, 9.17) is 10.00 Å². The Morgan fingerprint density at radius 2 is 2.05 bits per heavy atom. The summed E-state index contributed by atoms with van der Waals surface area (Å²) in [4.78, 5) is 12.1. The maximum absolute atomic E-state index is 12.1. The number of hydrogen-bond acceptors (Lipinski definition) is 4. The van der Waals surface area contributed by atoms with Gasteiger partial charge in [0.15, 0.2) is 6.10 Å². The van der Waals surface area contributed by atoms with Crippen molar-refractivity contribution in [3.05, 3.63) is 29.8 Å². The van der Waals surface area contributed by atoms with Gasteiger partial charge in [-0.1, -0.05) is 12.1 Å². The van der Waals surface area contributed by atoms with Crippen molar-refractivity contribution in [1.29, 1.82) is 5.26 Å². The Labute approximate surface area is 124 Å². The largest absolute Gasteiger partial charge is 0.480 e. The summed E-state index contributed by atoms with van der Waals surface area (Å²) in [5.41, 5.74) is 0.415. The summed E-state index contributed by atoms with van der Waals surface area (Å²) in [5.74, 6) is 0.228. The average molecular weight is 288 g/mol. The standard InChI is InChI=1S/C16H20N2O3/c1-11(21-15-5-3-2-4-12(15)10-17)16(20)18-13-6-8-14(19)9-7-13/h2-5,11,13-14,19H,6-9H2,1H3,(H,18,20). The number of rotatable bonds is 4. The molecule has 1 aliphatic carbocycles. The Bertz CT molecular complexity index is 531. The van der Waals surface area contributed by atoms with E-state index in [1.807, 2.05) is 6.07 Å². The van der Waals surface area contributed by atoms with E-state index in [1.54, 1.807) is 31.2 Å². The molecule has 0 bridgehead atoms. The first-order valence-corrected chi connectivity index (χ1v) is 7.24. The molecule has 2 N–H and O–H groups in total. The number of nitrogens with one attached hydrogen (secondary N) is 1. The zero-order valence-corrected chi connectivity index (χ0v) is 12.1. The van der Waals surface area contributed by atoms with Gasteiger partial charge in [-0.25, -0.2) is 0 Å². The van der Waals surface area contributed by atoms with E-state index in [1.165, 1.54) is 0 Å². The zero-order chi connectivity index (χ0) is 15.2. The molecule has 5 nitrogen and oxygen atoms in total. The van der Waals surface area contributed by atoms with Gasteiger partial charge in [-0.3, -0.25) is 4.79 Å². The number of carbonyl (C=O) groups excluding carboxylic acids is 1. The van der Waals surface area contributed by atoms with Crippen LogP contribution in [0.1, 0.15) is 38.2 Å². The van der Waals surface area contributed by atoms with E-state index in [2.05, 4.69) is 5.32 Å². The first kappa shape index (κ1) is 15.3. The zero-order valence-electron chi connectivity index (χ0n) is 12.1. The van der Waals surface area contributed by atoms with Gasteiger partial charge in [-0.2, -0.15) is 5.26 Å². The Hall–Kier alpha value is -2.06. The molecule has 0 heterocycles. The van der Waals surface area contributed by atoms with Gasteiger partial charge in [0.2, 0.25) is 0 Å². The van der Waals surface area contributed by atoms with Gasteiger partial charge in [0, 0.05) is 6.04 Å². The molecule has 1 aromatic rings. The van der Waals surface area contributed by atoms with Gasteiger partial charge in [-0.15, -0.1) is 0 Å². The number of benzene rings is 1. The fourth-order valence-corrected chi connectivity index (χ4v) is 2.44. The lowest BCUT2D eigenvalue weighted by Gasteiger charge is -2.27. The molecule has 21 heavy (non-hydrogen) atoms. The molecular weight excluding hydrogens is 268 g/mol. The molecule has 1 aliphatic rings. The third-order valence-electron chi connectivity index (χ3n) is 3.72. The number of amides is 1. The van der Waals surface area contributed by atoms with Gasteiger partial charge in [0.05, 0.1) is 11.7 Å². The van der Waals surface area contributed by atoms with E-state index >= 15 is 0 Å².